The molecule has 5 rings (SSSR count). The number of aromatic amines is 1. The molecule has 30 heavy (non-hydrogen) atoms. The molecule has 0 aliphatic carbocycles. The van der Waals surface area contributed by atoms with Gasteiger partial charge < -0.3 is 10.3 Å². The monoisotopic (exact) mass is 430 g/mol. The maximum atomic E-state index is 14.2. The topological polar surface area (TPSA) is 120 Å². The van der Waals surface area contributed by atoms with Gasteiger partial charge in [0.25, 0.3) is 5.56 Å². The lowest BCUT2D eigenvalue weighted by Crippen LogP contribution is -2.32. The molecule has 1 atom stereocenters. The molecule has 0 radical (unpaired) electrons. The van der Waals surface area contributed by atoms with Crippen molar-refractivity contribution in [2.24, 2.45) is 17.8 Å². The maximum Gasteiger partial charge on any atom is 0.291 e. The number of nitrogens with zero attached hydrogens (tertiary/aromatic N) is 6. The number of rotatable bonds is 4. The predicted molar refractivity (Wildman–Crippen MR) is 109 cm³/mol. The molecule has 0 bridgehead atoms. The number of halogens is 2. The van der Waals surface area contributed by atoms with E-state index in [9.17, 15) is 13.6 Å². The molecule has 0 fully saturated rings. The van der Waals surface area contributed by atoms with Crippen LogP contribution in [0.5, 0.6) is 0 Å². The number of thiazole rings is 1. The van der Waals surface area contributed by atoms with Crippen molar-refractivity contribution in [1.29, 1.82) is 0 Å². The molecule has 4 aromatic heterocycles. The molecule has 3 N–H and O–H groups in total. The van der Waals surface area contributed by atoms with Gasteiger partial charge >= 0.3 is 0 Å². The standard InChI is InChI=1S/C18H16F2N8OS/c1-27-15-8(16-17(27)25-14(30-16)4-11-10(20)6-22-26-11)5-23-28(18(15)29)7-12-9(19)2-3-13(21)24-12/h3,5-6,9H,2,4,7,21H2,1H3,(H,22,26). The first-order valence-electron chi connectivity index (χ1n) is 9.11. The zero-order valence-corrected chi connectivity index (χ0v) is 16.6. The summed E-state index contributed by atoms with van der Waals surface area (Å²) in [4.78, 5) is 21.6. The van der Waals surface area contributed by atoms with E-state index in [1.807, 2.05) is 0 Å². The van der Waals surface area contributed by atoms with Crippen LogP contribution in [0.3, 0.4) is 0 Å². The van der Waals surface area contributed by atoms with Gasteiger partial charge in [-0.05, 0) is 6.08 Å². The summed E-state index contributed by atoms with van der Waals surface area (Å²) in [5.41, 5.74) is 6.74. The van der Waals surface area contributed by atoms with Crippen LogP contribution >= 0.6 is 11.3 Å². The summed E-state index contributed by atoms with van der Waals surface area (Å²) in [6.45, 7) is -0.0829. The molecule has 1 aliphatic heterocycles. The zero-order valence-electron chi connectivity index (χ0n) is 15.8. The average molecular weight is 430 g/mol. The number of aromatic nitrogens is 6. The summed E-state index contributed by atoms with van der Waals surface area (Å²) in [7, 11) is 1.73. The molecular formula is C18H16F2N8OS. The maximum absolute atomic E-state index is 14.2. The third kappa shape index (κ3) is 2.91. The molecule has 0 aromatic carbocycles. The fraction of sp³-hybridized carbons (Fsp3) is 0.278. The zero-order chi connectivity index (χ0) is 21.0. The average Bonchev–Trinajstić information content (AvgIpc) is 3.38. The molecule has 5 heterocycles. The Morgan fingerprint density at radius 3 is 3.03 bits per heavy atom. The van der Waals surface area contributed by atoms with Crippen molar-refractivity contribution in [1.82, 2.24) is 29.5 Å². The van der Waals surface area contributed by atoms with Gasteiger partial charge in [0.15, 0.2) is 11.5 Å². The minimum Gasteiger partial charge on any atom is -0.384 e. The normalized spacial score (nSPS) is 17.0. The van der Waals surface area contributed by atoms with E-state index in [0.29, 0.717) is 21.6 Å². The van der Waals surface area contributed by atoms with Gasteiger partial charge in [0.2, 0.25) is 0 Å². The Kier molecular flexibility index (Phi) is 4.24. The van der Waals surface area contributed by atoms with Crippen molar-refractivity contribution in [3.05, 3.63) is 51.2 Å². The number of aliphatic imine (C=N–C) groups is 1. The van der Waals surface area contributed by atoms with E-state index >= 15 is 0 Å². The molecule has 12 heteroatoms. The van der Waals surface area contributed by atoms with Crippen LogP contribution in [-0.4, -0.2) is 41.4 Å². The van der Waals surface area contributed by atoms with Gasteiger partial charge in [-0.2, -0.15) is 10.2 Å². The highest BCUT2D eigenvalue weighted by Gasteiger charge is 2.22. The Bertz CT molecular complexity index is 1410. The van der Waals surface area contributed by atoms with Crippen molar-refractivity contribution in [2.75, 3.05) is 0 Å². The number of hydrogen-bond acceptors (Lipinski definition) is 7. The molecule has 9 nitrogen and oxygen atoms in total. The summed E-state index contributed by atoms with van der Waals surface area (Å²) < 4.78 is 31.5. The molecule has 1 aliphatic rings. The lowest BCUT2D eigenvalue weighted by atomic mass is 10.1. The van der Waals surface area contributed by atoms with E-state index in [2.05, 4.69) is 25.3 Å². The van der Waals surface area contributed by atoms with Gasteiger partial charge in [-0.1, -0.05) is 0 Å². The Hall–Kier alpha value is -3.41. The number of nitrogens with one attached hydrogen (secondary N) is 1. The highest BCUT2D eigenvalue weighted by Crippen LogP contribution is 2.31. The number of nitrogens with two attached hydrogens (primary N) is 1. The lowest BCUT2D eigenvalue weighted by Gasteiger charge is -2.15. The number of alkyl halides is 1. The number of allylic oxidation sites excluding steroid dienone is 1. The first kappa shape index (κ1) is 18.6. The lowest BCUT2D eigenvalue weighted by molar-refractivity contribution is 0.413. The van der Waals surface area contributed by atoms with Gasteiger partial charge in [0.05, 0.1) is 29.4 Å². The SMILES string of the molecule is Cn1c2nc(Cc3n[nH]cc3F)sc2c2cnn(CC3=NC(N)=CCC3F)c(=O)c21. The number of aryl methyl sites for hydroxylation is 1. The Morgan fingerprint density at radius 1 is 1.43 bits per heavy atom. The third-order valence-electron chi connectivity index (χ3n) is 5.03. The van der Waals surface area contributed by atoms with E-state index in [1.54, 1.807) is 17.8 Å². The van der Waals surface area contributed by atoms with E-state index < -0.39 is 12.0 Å². The van der Waals surface area contributed by atoms with E-state index in [4.69, 9.17) is 5.73 Å². The molecule has 0 spiro atoms. The summed E-state index contributed by atoms with van der Waals surface area (Å²) in [5, 5.41) is 11.9. The fourth-order valence-electron chi connectivity index (χ4n) is 3.52. The van der Waals surface area contributed by atoms with Crippen LogP contribution in [0.2, 0.25) is 0 Å². The van der Waals surface area contributed by atoms with Crippen LogP contribution < -0.4 is 11.3 Å². The second kappa shape index (κ2) is 6.83. The molecule has 0 amide bonds. The summed E-state index contributed by atoms with van der Waals surface area (Å²) >= 11 is 1.36. The highest BCUT2D eigenvalue weighted by atomic mass is 32.1. The number of H-pyrrole nitrogens is 1. The van der Waals surface area contributed by atoms with Gasteiger partial charge in [-0.15, -0.1) is 11.3 Å². The smallest absolute Gasteiger partial charge is 0.291 e. The van der Waals surface area contributed by atoms with E-state index in [-0.39, 0.29) is 42.2 Å². The predicted octanol–water partition coefficient (Wildman–Crippen LogP) is 1.78. The van der Waals surface area contributed by atoms with Gasteiger partial charge in [-0.25, -0.2) is 23.4 Å². The molecular weight excluding hydrogens is 414 g/mol. The van der Waals surface area contributed by atoms with Crippen molar-refractivity contribution in [3.63, 3.8) is 0 Å². The summed E-state index contributed by atoms with van der Waals surface area (Å²) in [5.74, 6) is -0.187. The van der Waals surface area contributed by atoms with E-state index in [0.717, 1.165) is 4.70 Å². The van der Waals surface area contributed by atoms with Crippen molar-refractivity contribution >= 4 is 38.3 Å². The Labute approximate surface area is 171 Å². The van der Waals surface area contributed by atoms with Crippen LogP contribution in [0, 0.1) is 5.82 Å². The second-order valence-corrected chi connectivity index (χ2v) is 8.06. The number of hydrogen-bond donors (Lipinski definition) is 2. The van der Waals surface area contributed by atoms with Crippen molar-refractivity contribution < 1.29 is 8.78 Å². The molecule has 0 saturated heterocycles. The summed E-state index contributed by atoms with van der Waals surface area (Å²) in [6.07, 6.45) is 3.33. The minimum absolute atomic E-state index is 0.0829. The van der Waals surface area contributed by atoms with Crippen LogP contribution in [0.15, 0.2) is 34.1 Å². The first-order valence-corrected chi connectivity index (χ1v) is 9.93. The Morgan fingerprint density at radius 2 is 2.27 bits per heavy atom. The van der Waals surface area contributed by atoms with Crippen molar-refractivity contribution in [2.45, 2.75) is 25.6 Å². The van der Waals surface area contributed by atoms with Crippen LogP contribution in [-0.2, 0) is 20.0 Å². The quantitative estimate of drug-likeness (QED) is 0.511. The molecule has 4 aromatic rings. The third-order valence-corrected chi connectivity index (χ3v) is 6.11. The van der Waals surface area contributed by atoms with Crippen LogP contribution in [0.4, 0.5) is 8.78 Å². The molecule has 154 valence electrons. The van der Waals surface area contributed by atoms with Crippen LogP contribution in [0.1, 0.15) is 17.1 Å². The molecule has 0 saturated carbocycles. The van der Waals surface area contributed by atoms with Gasteiger partial charge in [0.1, 0.15) is 28.2 Å². The largest absolute Gasteiger partial charge is 0.384 e. The number of fused-ring (bicyclic) bond motifs is 3. The van der Waals surface area contributed by atoms with Crippen LogP contribution in [0.25, 0.3) is 21.3 Å². The second-order valence-electron chi connectivity index (χ2n) is 6.98. The molecule has 1 unspecified atom stereocenters. The fourth-order valence-corrected chi connectivity index (χ4v) is 4.63. The van der Waals surface area contributed by atoms with Gasteiger partial charge in [0, 0.05) is 25.3 Å². The van der Waals surface area contributed by atoms with Crippen molar-refractivity contribution in [3.8, 4) is 0 Å². The van der Waals surface area contributed by atoms with E-state index in [1.165, 1.54) is 28.3 Å². The Balaban J connectivity index is 1.55. The highest BCUT2D eigenvalue weighted by molar-refractivity contribution is 7.19. The first-order chi connectivity index (χ1) is 14.4. The van der Waals surface area contributed by atoms with Gasteiger partial charge in [-0.3, -0.25) is 9.89 Å². The summed E-state index contributed by atoms with van der Waals surface area (Å²) in [6, 6.07) is 0. The minimum atomic E-state index is -1.30.